The monoisotopic (exact) mass is 375 g/mol. The van der Waals surface area contributed by atoms with Crippen LogP contribution in [0, 0.1) is 0 Å². The van der Waals surface area contributed by atoms with E-state index in [2.05, 4.69) is 10.2 Å². The number of esters is 1. The predicted molar refractivity (Wildman–Crippen MR) is 92.6 cm³/mol. The molecule has 0 saturated heterocycles. The Morgan fingerprint density at radius 2 is 2.00 bits per heavy atom. The van der Waals surface area contributed by atoms with Crippen molar-refractivity contribution in [1.29, 1.82) is 0 Å². The van der Waals surface area contributed by atoms with Crippen LogP contribution in [0.15, 0.2) is 41.5 Å². The second-order valence-electron chi connectivity index (χ2n) is 5.61. The fraction of sp³-hybridized carbons (Fsp3) is 0.176. The number of aromatic nitrogens is 3. The number of benzene rings is 1. The number of pyridine rings is 1. The van der Waals surface area contributed by atoms with Crippen LogP contribution in [0.4, 0.5) is 0 Å². The molecular weight excluding hydrogens is 362 g/mol. The largest absolute Gasteiger partial charge is 0.480 e. The number of carboxylic acids is 1. The number of ether oxygens (including phenoxy) is 1. The van der Waals surface area contributed by atoms with Crippen LogP contribution in [0.2, 0.25) is 5.02 Å². The molecule has 8 nitrogen and oxygen atoms in total. The molecule has 26 heavy (non-hydrogen) atoms. The first-order valence-corrected chi connectivity index (χ1v) is 7.94. The zero-order valence-corrected chi connectivity index (χ0v) is 14.4. The maximum atomic E-state index is 12.0. The van der Waals surface area contributed by atoms with Crippen molar-refractivity contribution in [3.05, 3.63) is 63.2 Å². The van der Waals surface area contributed by atoms with Gasteiger partial charge in [-0.3, -0.25) is 4.79 Å². The minimum absolute atomic E-state index is 0.00528. The number of hydrogen-bond donors (Lipinski definition) is 2. The molecule has 3 rings (SSSR count). The molecule has 0 amide bonds. The zero-order valence-electron chi connectivity index (χ0n) is 13.6. The minimum Gasteiger partial charge on any atom is -0.480 e. The Bertz CT molecular complexity index is 992. The van der Waals surface area contributed by atoms with E-state index in [1.165, 1.54) is 24.1 Å². The lowest BCUT2D eigenvalue weighted by Crippen LogP contribution is -2.23. The van der Waals surface area contributed by atoms with E-state index in [9.17, 15) is 19.5 Å². The zero-order chi connectivity index (χ0) is 18.8. The highest BCUT2D eigenvalue weighted by atomic mass is 35.5. The first-order valence-electron chi connectivity index (χ1n) is 7.56. The number of fused-ring (bicyclic) bond motifs is 1. The summed E-state index contributed by atoms with van der Waals surface area (Å²) in [5, 5.41) is 16.3. The van der Waals surface area contributed by atoms with Gasteiger partial charge < -0.3 is 14.4 Å². The molecule has 2 aliphatic rings. The number of carbonyl (C=O) groups is 2. The Hall–Kier alpha value is -3.13. The summed E-state index contributed by atoms with van der Waals surface area (Å²) in [6, 6.07) is 5.72. The summed E-state index contributed by atoms with van der Waals surface area (Å²) in [6.45, 7) is 0. The van der Waals surface area contributed by atoms with Gasteiger partial charge in [-0.05, 0) is 17.7 Å². The van der Waals surface area contributed by atoms with Gasteiger partial charge in [0.2, 0.25) is 0 Å². The Labute approximate surface area is 152 Å². The van der Waals surface area contributed by atoms with Crippen molar-refractivity contribution in [2.45, 2.75) is 12.5 Å². The van der Waals surface area contributed by atoms with Crippen molar-refractivity contribution in [2.75, 3.05) is 7.11 Å². The molecule has 0 saturated carbocycles. The number of H-pyrrole nitrogens is 1. The maximum Gasteiger partial charge on any atom is 0.341 e. The van der Waals surface area contributed by atoms with Crippen LogP contribution < -0.4 is 5.56 Å². The lowest BCUT2D eigenvalue weighted by Gasteiger charge is -2.19. The number of nitrogens with zero attached hydrogens (tertiary/aromatic N) is 2. The van der Waals surface area contributed by atoms with Crippen LogP contribution >= 0.6 is 11.6 Å². The lowest BCUT2D eigenvalue weighted by molar-refractivity contribution is -0.140. The summed E-state index contributed by atoms with van der Waals surface area (Å²) in [6.07, 6.45) is 2.82. The molecule has 0 bridgehead atoms. The standard InChI is InChI=1S/C17H14ClN3O5/c1-26-17(25)12-8-21(7-11-14(12)19-20-15(11)22)13(16(23)24)6-9-2-4-10(18)5-3-9/h2-5,7-8,13H,6H2,1H3,(H,20,22)(H,23,24)/t13-/m1/s1. The van der Waals surface area contributed by atoms with Crippen molar-refractivity contribution in [3.63, 3.8) is 0 Å². The van der Waals surface area contributed by atoms with Gasteiger partial charge in [0, 0.05) is 23.8 Å². The smallest absolute Gasteiger partial charge is 0.341 e. The molecule has 2 N–H and O–H groups in total. The molecule has 0 unspecified atom stereocenters. The molecule has 1 aromatic rings. The second kappa shape index (κ2) is 7.01. The normalized spacial score (nSPS) is 12.1. The number of hydrogen-bond acceptors (Lipinski definition) is 5. The van der Waals surface area contributed by atoms with Gasteiger partial charge in [0.1, 0.15) is 17.3 Å². The Morgan fingerprint density at radius 1 is 1.31 bits per heavy atom. The first-order chi connectivity index (χ1) is 12.4. The molecule has 134 valence electrons. The van der Waals surface area contributed by atoms with Crippen LogP contribution in [-0.4, -0.2) is 38.9 Å². The highest BCUT2D eigenvalue weighted by molar-refractivity contribution is 6.30. The van der Waals surface area contributed by atoms with Crippen LogP contribution in [0.25, 0.3) is 11.3 Å². The van der Waals surface area contributed by atoms with E-state index in [0.29, 0.717) is 5.02 Å². The fourth-order valence-corrected chi connectivity index (χ4v) is 2.79. The Kier molecular flexibility index (Phi) is 4.77. The highest BCUT2D eigenvalue weighted by Crippen LogP contribution is 2.25. The van der Waals surface area contributed by atoms with Gasteiger partial charge in [0.25, 0.3) is 5.56 Å². The van der Waals surface area contributed by atoms with Crippen LogP contribution in [0.5, 0.6) is 0 Å². The SMILES string of the molecule is COC(=O)c1cn([C@H](Cc2ccc(Cl)cc2)C(=O)O)cc2c(=O)[nH]nc1-2. The molecule has 0 radical (unpaired) electrons. The molecule has 2 aliphatic heterocycles. The quantitative estimate of drug-likeness (QED) is 0.659. The van der Waals surface area contributed by atoms with Gasteiger partial charge in [-0.1, -0.05) is 23.7 Å². The van der Waals surface area contributed by atoms with E-state index in [4.69, 9.17) is 16.3 Å². The summed E-state index contributed by atoms with van der Waals surface area (Å²) in [5.74, 6) is -1.83. The van der Waals surface area contributed by atoms with Crippen molar-refractivity contribution >= 4 is 23.5 Å². The third-order valence-electron chi connectivity index (χ3n) is 3.97. The van der Waals surface area contributed by atoms with E-state index in [-0.39, 0.29) is 23.2 Å². The average Bonchev–Trinajstić information content (AvgIpc) is 3.00. The number of aromatic amines is 1. The van der Waals surface area contributed by atoms with E-state index in [1.54, 1.807) is 24.3 Å². The number of halogens is 1. The Balaban J connectivity index is 2.10. The molecule has 1 atom stereocenters. The fourth-order valence-electron chi connectivity index (χ4n) is 2.66. The van der Waals surface area contributed by atoms with E-state index < -0.39 is 23.5 Å². The van der Waals surface area contributed by atoms with Crippen molar-refractivity contribution in [1.82, 2.24) is 14.8 Å². The van der Waals surface area contributed by atoms with Crippen LogP contribution in [0.3, 0.4) is 0 Å². The third kappa shape index (κ3) is 3.31. The van der Waals surface area contributed by atoms with Crippen LogP contribution in [-0.2, 0) is 16.0 Å². The van der Waals surface area contributed by atoms with Gasteiger partial charge in [0.15, 0.2) is 0 Å². The van der Waals surface area contributed by atoms with Crippen molar-refractivity contribution < 1.29 is 19.4 Å². The molecule has 9 heteroatoms. The second-order valence-corrected chi connectivity index (χ2v) is 6.05. The van der Waals surface area contributed by atoms with Gasteiger partial charge in [-0.15, -0.1) is 0 Å². The summed E-state index contributed by atoms with van der Waals surface area (Å²) < 4.78 is 6.02. The summed E-state index contributed by atoms with van der Waals surface area (Å²) in [4.78, 5) is 35.8. The Morgan fingerprint density at radius 3 is 2.62 bits per heavy atom. The third-order valence-corrected chi connectivity index (χ3v) is 4.23. The van der Waals surface area contributed by atoms with Gasteiger partial charge in [-0.2, -0.15) is 5.10 Å². The van der Waals surface area contributed by atoms with Crippen LogP contribution in [0.1, 0.15) is 22.0 Å². The van der Waals surface area contributed by atoms with Crippen molar-refractivity contribution in [2.24, 2.45) is 0 Å². The first kappa shape index (κ1) is 17.7. The molecule has 0 spiro atoms. The molecule has 2 heterocycles. The van der Waals surface area contributed by atoms with E-state index in [1.807, 2.05) is 0 Å². The van der Waals surface area contributed by atoms with Gasteiger partial charge in [-0.25, -0.2) is 14.7 Å². The van der Waals surface area contributed by atoms with Gasteiger partial charge in [0.05, 0.1) is 12.7 Å². The predicted octanol–water partition coefficient (Wildman–Crippen LogP) is 1.98. The highest BCUT2D eigenvalue weighted by Gasteiger charge is 2.26. The van der Waals surface area contributed by atoms with E-state index in [0.717, 1.165) is 5.56 Å². The number of nitrogens with one attached hydrogen (secondary N) is 1. The number of carboxylic acid groups (broad SMARTS) is 1. The van der Waals surface area contributed by atoms with Crippen molar-refractivity contribution in [3.8, 4) is 11.3 Å². The topological polar surface area (TPSA) is 114 Å². The maximum absolute atomic E-state index is 12.0. The molecule has 0 aliphatic carbocycles. The number of methoxy groups -OCH3 is 1. The minimum atomic E-state index is -1.11. The molecule has 1 aromatic carbocycles. The number of carbonyl (C=O) groups excluding carboxylic acids is 1. The van der Waals surface area contributed by atoms with Gasteiger partial charge >= 0.3 is 11.9 Å². The number of rotatable bonds is 5. The average molecular weight is 376 g/mol. The van der Waals surface area contributed by atoms with E-state index >= 15 is 0 Å². The molecule has 0 fully saturated rings. The molecular formula is C17H14ClN3O5. The number of aliphatic carboxylic acids is 1. The summed E-state index contributed by atoms with van der Waals surface area (Å²) >= 11 is 5.85. The summed E-state index contributed by atoms with van der Waals surface area (Å²) in [5.41, 5.74) is 0.466. The lowest BCUT2D eigenvalue weighted by atomic mass is 10.0. The summed E-state index contributed by atoms with van der Waals surface area (Å²) in [7, 11) is 1.19. The molecule has 0 aromatic heterocycles.